The van der Waals surface area contributed by atoms with Crippen LogP contribution in [0.25, 0.3) is 0 Å². The summed E-state index contributed by atoms with van der Waals surface area (Å²) in [4.78, 5) is 10.6. The normalized spacial score (nSPS) is 10.9. The molecule has 0 fully saturated rings. The molecule has 0 aliphatic heterocycles. The van der Waals surface area contributed by atoms with E-state index in [2.05, 4.69) is 15.3 Å². The summed E-state index contributed by atoms with van der Waals surface area (Å²) >= 11 is 7.11. The minimum Gasteiger partial charge on any atom is -0.493 e. The van der Waals surface area contributed by atoms with Gasteiger partial charge in [-0.1, -0.05) is 0 Å². The van der Waals surface area contributed by atoms with Gasteiger partial charge in [0.25, 0.3) is 0 Å². The highest BCUT2D eigenvalue weighted by atomic mass is 127. The molecule has 0 unspecified atom stereocenters. The lowest BCUT2D eigenvalue weighted by atomic mass is 10.2. The second-order valence-corrected chi connectivity index (χ2v) is 5.90. The molecule has 1 aromatic heterocycles. The Balaban J connectivity index is 2.32. The Kier molecular flexibility index (Phi) is 5.71. The van der Waals surface area contributed by atoms with Crippen LogP contribution in [-0.4, -0.2) is 45.9 Å². The van der Waals surface area contributed by atoms with E-state index >= 15 is 0 Å². The molecule has 2 aromatic rings. The topological polar surface area (TPSA) is 102 Å². The number of nitrogens with one attached hydrogen (secondary N) is 1. The van der Waals surface area contributed by atoms with Gasteiger partial charge in [0.2, 0.25) is 4.77 Å². The van der Waals surface area contributed by atoms with Gasteiger partial charge in [0.1, 0.15) is 5.82 Å². The minimum atomic E-state index is -1.06. The van der Waals surface area contributed by atoms with Crippen LogP contribution in [0, 0.1) is 15.3 Å². The fourth-order valence-electron chi connectivity index (χ4n) is 1.72. The quantitative estimate of drug-likeness (QED) is 0.399. The van der Waals surface area contributed by atoms with Crippen LogP contribution < -0.4 is 9.47 Å². The number of hydrogen-bond acceptors (Lipinski definition) is 6. The summed E-state index contributed by atoms with van der Waals surface area (Å²) in [6.45, 7) is 1.33. The number of methoxy groups -OCH3 is 1. The van der Waals surface area contributed by atoms with Crippen molar-refractivity contribution < 1.29 is 19.4 Å². The number of hydrogen-bond donors (Lipinski definition) is 2. The number of carboxylic acids is 1. The molecular weight excluding hydrogens is 435 g/mol. The molecule has 0 aliphatic rings. The van der Waals surface area contributed by atoms with E-state index in [1.807, 2.05) is 22.6 Å². The van der Waals surface area contributed by atoms with E-state index in [0.717, 1.165) is 5.56 Å². The van der Waals surface area contributed by atoms with Crippen LogP contribution in [0.3, 0.4) is 0 Å². The van der Waals surface area contributed by atoms with Crippen molar-refractivity contribution in [2.75, 3.05) is 13.7 Å². The second-order valence-electron chi connectivity index (χ2n) is 4.35. The molecule has 0 radical (unpaired) electrons. The highest BCUT2D eigenvalue weighted by Gasteiger charge is 2.12. The van der Waals surface area contributed by atoms with Crippen molar-refractivity contribution >= 4 is 47.0 Å². The number of aliphatic carboxylic acids is 1. The maximum Gasteiger partial charge on any atom is 0.341 e. The fraction of sp³-hybridized carbons (Fsp3) is 0.231. The Hall–Kier alpha value is -1.95. The van der Waals surface area contributed by atoms with Crippen molar-refractivity contribution in [3.63, 3.8) is 0 Å². The predicted octanol–water partition coefficient (Wildman–Crippen LogP) is 2.21. The summed E-state index contributed by atoms with van der Waals surface area (Å²) in [5, 5.41) is 19.6. The number of aromatic amines is 1. The van der Waals surface area contributed by atoms with Crippen LogP contribution in [0.2, 0.25) is 0 Å². The molecule has 23 heavy (non-hydrogen) atoms. The summed E-state index contributed by atoms with van der Waals surface area (Å²) in [6.07, 6.45) is 1.60. The van der Waals surface area contributed by atoms with Gasteiger partial charge in [0.15, 0.2) is 18.1 Å². The number of H-pyrrole nitrogens is 1. The van der Waals surface area contributed by atoms with Crippen molar-refractivity contribution in [1.29, 1.82) is 0 Å². The lowest BCUT2D eigenvalue weighted by molar-refractivity contribution is -0.139. The molecular formula is C13H13IN4O4S. The molecule has 10 heteroatoms. The third-order valence-electron chi connectivity index (χ3n) is 2.73. The number of aromatic nitrogens is 3. The first kappa shape index (κ1) is 17.4. The minimum absolute atomic E-state index is 0.378. The van der Waals surface area contributed by atoms with Crippen LogP contribution in [0.15, 0.2) is 17.2 Å². The number of rotatable bonds is 6. The predicted molar refractivity (Wildman–Crippen MR) is 94.0 cm³/mol. The second kappa shape index (κ2) is 7.55. The largest absolute Gasteiger partial charge is 0.493 e. The van der Waals surface area contributed by atoms with Gasteiger partial charge in [-0.25, -0.2) is 4.79 Å². The molecule has 8 nitrogen and oxygen atoms in total. The monoisotopic (exact) mass is 448 g/mol. The van der Waals surface area contributed by atoms with Gasteiger partial charge < -0.3 is 14.6 Å². The van der Waals surface area contributed by atoms with Crippen LogP contribution >= 0.6 is 34.8 Å². The molecule has 0 amide bonds. The first-order valence-corrected chi connectivity index (χ1v) is 7.81. The van der Waals surface area contributed by atoms with Crippen molar-refractivity contribution in [2.45, 2.75) is 6.92 Å². The summed E-state index contributed by atoms with van der Waals surface area (Å²) in [5.41, 5.74) is 0.747. The number of benzene rings is 1. The Morgan fingerprint density at radius 1 is 1.61 bits per heavy atom. The van der Waals surface area contributed by atoms with E-state index in [0.29, 0.717) is 25.7 Å². The molecule has 0 bridgehead atoms. The smallest absolute Gasteiger partial charge is 0.341 e. The molecule has 1 aromatic carbocycles. The Bertz CT molecular complexity index is 815. The van der Waals surface area contributed by atoms with Crippen molar-refractivity contribution in [2.24, 2.45) is 5.10 Å². The maximum absolute atomic E-state index is 10.6. The number of aryl methyl sites for hydroxylation is 1. The van der Waals surface area contributed by atoms with Crippen LogP contribution in [0.5, 0.6) is 11.5 Å². The first-order chi connectivity index (χ1) is 10.9. The zero-order valence-corrected chi connectivity index (χ0v) is 15.2. The molecule has 0 saturated heterocycles. The van der Waals surface area contributed by atoms with E-state index < -0.39 is 12.6 Å². The van der Waals surface area contributed by atoms with E-state index in [-0.39, 0.29) is 0 Å². The molecule has 0 saturated carbocycles. The summed E-state index contributed by atoms with van der Waals surface area (Å²) in [7, 11) is 1.48. The van der Waals surface area contributed by atoms with E-state index in [9.17, 15) is 4.79 Å². The lowest BCUT2D eigenvalue weighted by Gasteiger charge is -2.12. The summed E-state index contributed by atoms with van der Waals surface area (Å²) in [5.74, 6) is 0.378. The van der Waals surface area contributed by atoms with Gasteiger partial charge in [-0.15, -0.1) is 0 Å². The Labute approximate surface area is 150 Å². The van der Waals surface area contributed by atoms with Crippen molar-refractivity contribution in [1.82, 2.24) is 14.9 Å². The van der Waals surface area contributed by atoms with Crippen LogP contribution in [0.1, 0.15) is 11.4 Å². The number of halogens is 1. The Morgan fingerprint density at radius 3 is 2.91 bits per heavy atom. The average Bonchev–Trinajstić information content (AvgIpc) is 2.82. The standard InChI is InChI=1S/C13H13IN4O4S/c1-7-16-17-13(23)18(7)15-5-8-3-9(14)12(10(4-8)21-2)22-6-11(19)20/h3-5H,6H2,1-2H3,(H,17,23)(H,19,20)/b15-5-. The molecule has 122 valence electrons. The zero-order valence-electron chi connectivity index (χ0n) is 12.2. The van der Waals surface area contributed by atoms with E-state index in [1.165, 1.54) is 11.8 Å². The SMILES string of the molecule is COc1cc(/C=N\n2c(C)n[nH]c2=S)cc(I)c1OCC(=O)O. The number of carboxylic acid groups (broad SMARTS) is 1. The van der Waals surface area contributed by atoms with Crippen LogP contribution in [0.4, 0.5) is 0 Å². The molecule has 2 N–H and O–H groups in total. The molecule has 0 spiro atoms. The fourth-order valence-corrected chi connectivity index (χ4v) is 2.73. The van der Waals surface area contributed by atoms with Gasteiger partial charge in [0, 0.05) is 0 Å². The molecule has 0 aliphatic carbocycles. The highest BCUT2D eigenvalue weighted by molar-refractivity contribution is 14.1. The molecule has 1 heterocycles. The van der Waals surface area contributed by atoms with Gasteiger partial charge >= 0.3 is 5.97 Å². The number of ether oxygens (including phenoxy) is 2. The van der Waals surface area contributed by atoms with Crippen LogP contribution in [-0.2, 0) is 4.79 Å². The first-order valence-electron chi connectivity index (χ1n) is 6.33. The third-order valence-corrected chi connectivity index (χ3v) is 3.79. The summed E-state index contributed by atoms with van der Waals surface area (Å²) < 4.78 is 13.1. The molecule has 2 rings (SSSR count). The third kappa shape index (κ3) is 4.28. The number of nitrogens with zero attached hydrogens (tertiary/aromatic N) is 3. The highest BCUT2D eigenvalue weighted by Crippen LogP contribution is 2.33. The average molecular weight is 448 g/mol. The zero-order chi connectivity index (χ0) is 17.0. The maximum atomic E-state index is 10.6. The Morgan fingerprint density at radius 2 is 2.35 bits per heavy atom. The molecule has 0 atom stereocenters. The number of carbonyl (C=O) groups is 1. The van der Waals surface area contributed by atoms with Crippen molar-refractivity contribution in [3.05, 3.63) is 31.9 Å². The van der Waals surface area contributed by atoms with Gasteiger partial charge in [-0.2, -0.15) is 14.9 Å². The lowest BCUT2D eigenvalue weighted by Crippen LogP contribution is -2.11. The van der Waals surface area contributed by atoms with Gasteiger partial charge in [-0.3, -0.25) is 5.10 Å². The van der Waals surface area contributed by atoms with E-state index in [4.69, 9.17) is 26.8 Å². The van der Waals surface area contributed by atoms with Gasteiger partial charge in [-0.05, 0) is 59.4 Å². The summed E-state index contributed by atoms with van der Waals surface area (Å²) in [6, 6.07) is 3.49. The van der Waals surface area contributed by atoms with E-state index in [1.54, 1.807) is 25.3 Å². The van der Waals surface area contributed by atoms with Gasteiger partial charge in [0.05, 0.1) is 16.9 Å². The van der Waals surface area contributed by atoms with Crippen molar-refractivity contribution in [3.8, 4) is 11.5 Å².